The van der Waals surface area contributed by atoms with Crippen LogP contribution in [-0.4, -0.2) is 44.0 Å². The number of carbonyl (C=O) groups is 1. The summed E-state index contributed by atoms with van der Waals surface area (Å²) in [5, 5.41) is 6.46. The number of nitrogens with one attached hydrogen (secondary N) is 2. The minimum absolute atomic E-state index is 0.00706. The lowest BCUT2D eigenvalue weighted by atomic mass is 10.2. The SMILES string of the molecule is CN(C)C(=O)CNC(=NCc1ccccc1)NCc1ccccc1OCC1CC1. The standard InChI is InChI=1S/C23H30N4O2/c1-27(2)22(28)16-26-23(24-14-18-8-4-3-5-9-18)25-15-20-10-6-7-11-21(20)29-17-19-12-13-19/h3-11,19H,12-17H2,1-2H3,(H2,24,25,26). The number of para-hydroxylation sites is 1. The Kier molecular flexibility index (Phi) is 7.50. The molecule has 1 aliphatic rings. The number of aliphatic imine (C=N–C) groups is 1. The summed E-state index contributed by atoms with van der Waals surface area (Å²) >= 11 is 0. The molecule has 0 bridgehead atoms. The molecule has 0 aromatic heterocycles. The molecule has 0 atom stereocenters. The van der Waals surface area contributed by atoms with Gasteiger partial charge in [-0.15, -0.1) is 0 Å². The number of carbonyl (C=O) groups excluding carboxylic acids is 1. The van der Waals surface area contributed by atoms with Crippen molar-refractivity contribution in [3.05, 3.63) is 65.7 Å². The summed E-state index contributed by atoms with van der Waals surface area (Å²) in [5.41, 5.74) is 2.18. The van der Waals surface area contributed by atoms with Gasteiger partial charge in [0.05, 0.1) is 19.7 Å². The third-order valence-electron chi connectivity index (χ3n) is 4.76. The van der Waals surface area contributed by atoms with Gasteiger partial charge >= 0.3 is 0 Å². The van der Waals surface area contributed by atoms with Gasteiger partial charge in [-0.1, -0.05) is 48.5 Å². The number of guanidine groups is 1. The van der Waals surface area contributed by atoms with Crippen molar-refractivity contribution in [3.8, 4) is 5.75 Å². The summed E-state index contributed by atoms with van der Waals surface area (Å²) in [7, 11) is 3.48. The Hall–Kier alpha value is -3.02. The molecule has 0 saturated heterocycles. The minimum Gasteiger partial charge on any atom is -0.493 e. The highest BCUT2D eigenvalue weighted by Gasteiger charge is 2.22. The first-order valence-electron chi connectivity index (χ1n) is 10.1. The van der Waals surface area contributed by atoms with Crippen molar-refractivity contribution < 1.29 is 9.53 Å². The Labute approximate surface area is 173 Å². The fraction of sp³-hybridized carbons (Fsp3) is 0.391. The van der Waals surface area contributed by atoms with Crippen LogP contribution in [0.2, 0.25) is 0 Å². The molecular formula is C23H30N4O2. The third-order valence-corrected chi connectivity index (χ3v) is 4.76. The number of rotatable bonds is 9. The molecule has 6 heteroatoms. The fourth-order valence-corrected chi connectivity index (χ4v) is 2.71. The molecule has 2 aromatic carbocycles. The van der Waals surface area contributed by atoms with Gasteiger partial charge < -0.3 is 20.3 Å². The summed E-state index contributed by atoms with van der Waals surface area (Å²) in [6.45, 7) is 2.07. The monoisotopic (exact) mass is 394 g/mol. The van der Waals surface area contributed by atoms with E-state index in [-0.39, 0.29) is 12.5 Å². The minimum atomic E-state index is -0.00706. The number of benzene rings is 2. The fourth-order valence-electron chi connectivity index (χ4n) is 2.71. The van der Waals surface area contributed by atoms with Gasteiger partial charge in [-0.3, -0.25) is 4.79 Å². The zero-order valence-corrected chi connectivity index (χ0v) is 17.2. The van der Waals surface area contributed by atoms with Crippen LogP contribution < -0.4 is 15.4 Å². The van der Waals surface area contributed by atoms with E-state index in [1.807, 2.05) is 48.5 Å². The van der Waals surface area contributed by atoms with Crippen molar-refractivity contribution in [1.82, 2.24) is 15.5 Å². The van der Waals surface area contributed by atoms with E-state index in [1.165, 1.54) is 12.8 Å². The number of ether oxygens (including phenoxy) is 1. The number of amides is 1. The van der Waals surface area contributed by atoms with Gasteiger partial charge in [0.15, 0.2) is 5.96 Å². The molecule has 154 valence electrons. The lowest BCUT2D eigenvalue weighted by Gasteiger charge is -2.16. The molecule has 1 saturated carbocycles. The summed E-state index contributed by atoms with van der Waals surface area (Å²) in [4.78, 5) is 18.2. The molecule has 1 amide bonds. The predicted molar refractivity (Wildman–Crippen MR) is 116 cm³/mol. The molecule has 0 spiro atoms. The van der Waals surface area contributed by atoms with Crippen LogP contribution in [0.25, 0.3) is 0 Å². The molecule has 3 rings (SSSR count). The molecule has 1 fully saturated rings. The smallest absolute Gasteiger partial charge is 0.241 e. The van der Waals surface area contributed by atoms with Crippen LogP contribution in [0.3, 0.4) is 0 Å². The second-order valence-electron chi connectivity index (χ2n) is 7.51. The highest BCUT2D eigenvalue weighted by molar-refractivity contribution is 5.86. The Morgan fingerprint density at radius 1 is 1.07 bits per heavy atom. The van der Waals surface area contributed by atoms with Crippen LogP contribution in [0.1, 0.15) is 24.0 Å². The predicted octanol–water partition coefficient (Wildman–Crippen LogP) is 2.80. The zero-order chi connectivity index (χ0) is 20.5. The molecule has 0 unspecified atom stereocenters. The largest absolute Gasteiger partial charge is 0.493 e. The van der Waals surface area contributed by atoms with E-state index in [4.69, 9.17) is 4.74 Å². The molecule has 6 nitrogen and oxygen atoms in total. The maximum Gasteiger partial charge on any atom is 0.241 e. The summed E-state index contributed by atoms with van der Waals surface area (Å²) in [5.74, 6) is 2.20. The lowest BCUT2D eigenvalue weighted by Crippen LogP contribution is -2.42. The number of likely N-dealkylation sites (N-methyl/N-ethyl adjacent to an activating group) is 1. The Balaban J connectivity index is 1.63. The van der Waals surface area contributed by atoms with E-state index in [1.54, 1.807) is 19.0 Å². The normalized spacial score (nSPS) is 13.7. The van der Waals surface area contributed by atoms with E-state index in [2.05, 4.69) is 21.7 Å². The van der Waals surface area contributed by atoms with E-state index < -0.39 is 0 Å². The van der Waals surface area contributed by atoms with Crippen molar-refractivity contribution in [3.63, 3.8) is 0 Å². The maximum absolute atomic E-state index is 12.0. The highest BCUT2D eigenvalue weighted by Crippen LogP contribution is 2.30. The second-order valence-corrected chi connectivity index (χ2v) is 7.51. The van der Waals surface area contributed by atoms with Crippen molar-refractivity contribution in [1.29, 1.82) is 0 Å². The number of hydrogen-bond acceptors (Lipinski definition) is 3. The van der Waals surface area contributed by atoms with Crippen molar-refractivity contribution >= 4 is 11.9 Å². The highest BCUT2D eigenvalue weighted by atomic mass is 16.5. The number of hydrogen-bond donors (Lipinski definition) is 2. The Bertz CT molecular complexity index is 817. The molecule has 0 heterocycles. The van der Waals surface area contributed by atoms with Crippen LogP contribution in [0.4, 0.5) is 0 Å². The second kappa shape index (κ2) is 10.5. The van der Waals surface area contributed by atoms with Crippen molar-refractivity contribution in [2.45, 2.75) is 25.9 Å². The van der Waals surface area contributed by atoms with E-state index >= 15 is 0 Å². The first kappa shape index (κ1) is 20.7. The summed E-state index contributed by atoms with van der Waals surface area (Å²) in [6.07, 6.45) is 2.53. The first-order valence-corrected chi connectivity index (χ1v) is 10.1. The third kappa shape index (κ3) is 7.14. The van der Waals surface area contributed by atoms with E-state index in [0.29, 0.717) is 25.0 Å². The van der Waals surface area contributed by atoms with E-state index in [0.717, 1.165) is 23.5 Å². The van der Waals surface area contributed by atoms with Crippen LogP contribution >= 0.6 is 0 Å². The van der Waals surface area contributed by atoms with Crippen LogP contribution in [0, 0.1) is 5.92 Å². The molecule has 0 radical (unpaired) electrons. The zero-order valence-electron chi connectivity index (χ0n) is 17.2. The lowest BCUT2D eigenvalue weighted by molar-refractivity contribution is -0.127. The van der Waals surface area contributed by atoms with Gasteiger partial charge in [0, 0.05) is 26.2 Å². The molecular weight excluding hydrogens is 364 g/mol. The van der Waals surface area contributed by atoms with Crippen LogP contribution in [0.15, 0.2) is 59.6 Å². The number of nitrogens with zero attached hydrogens (tertiary/aromatic N) is 2. The van der Waals surface area contributed by atoms with Gasteiger partial charge in [-0.05, 0) is 30.4 Å². The van der Waals surface area contributed by atoms with Crippen LogP contribution in [-0.2, 0) is 17.9 Å². The van der Waals surface area contributed by atoms with Crippen molar-refractivity contribution in [2.24, 2.45) is 10.9 Å². The Morgan fingerprint density at radius 2 is 1.79 bits per heavy atom. The molecule has 1 aliphatic carbocycles. The van der Waals surface area contributed by atoms with Gasteiger partial charge in [0.25, 0.3) is 0 Å². The molecule has 2 aromatic rings. The molecule has 0 aliphatic heterocycles. The quantitative estimate of drug-likeness (QED) is 0.507. The van der Waals surface area contributed by atoms with Gasteiger partial charge in [-0.25, -0.2) is 4.99 Å². The van der Waals surface area contributed by atoms with Crippen molar-refractivity contribution in [2.75, 3.05) is 27.2 Å². The Morgan fingerprint density at radius 3 is 2.52 bits per heavy atom. The summed E-state index contributed by atoms with van der Waals surface area (Å²) in [6, 6.07) is 18.1. The van der Waals surface area contributed by atoms with Gasteiger partial charge in [0.2, 0.25) is 5.91 Å². The molecule has 29 heavy (non-hydrogen) atoms. The molecule has 2 N–H and O–H groups in total. The van der Waals surface area contributed by atoms with E-state index in [9.17, 15) is 4.79 Å². The average Bonchev–Trinajstić information content (AvgIpc) is 3.57. The average molecular weight is 395 g/mol. The van der Waals surface area contributed by atoms with Crippen LogP contribution in [0.5, 0.6) is 5.75 Å². The summed E-state index contributed by atoms with van der Waals surface area (Å²) < 4.78 is 5.99. The topological polar surface area (TPSA) is 66.0 Å². The maximum atomic E-state index is 12.0. The van der Waals surface area contributed by atoms with Gasteiger partial charge in [0.1, 0.15) is 5.75 Å². The van der Waals surface area contributed by atoms with Gasteiger partial charge in [-0.2, -0.15) is 0 Å². The first-order chi connectivity index (χ1) is 14.1.